The summed E-state index contributed by atoms with van der Waals surface area (Å²) in [6.45, 7) is 4.20. The molecule has 0 unspecified atom stereocenters. The van der Waals surface area contributed by atoms with Gasteiger partial charge in [0.25, 0.3) is 0 Å². The van der Waals surface area contributed by atoms with Crippen LogP contribution in [0.25, 0.3) is 0 Å². The minimum absolute atomic E-state index is 0.0226. The van der Waals surface area contributed by atoms with Gasteiger partial charge in [-0.25, -0.2) is 0 Å². The highest BCUT2D eigenvalue weighted by molar-refractivity contribution is 6.31. The van der Waals surface area contributed by atoms with Gasteiger partial charge in [-0.3, -0.25) is 4.79 Å². The van der Waals surface area contributed by atoms with Crippen LogP contribution in [-0.4, -0.2) is 19.5 Å². The number of anilines is 2. The lowest BCUT2D eigenvalue weighted by Crippen LogP contribution is -2.39. The summed E-state index contributed by atoms with van der Waals surface area (Å²) in [4.78, 5) is 11.6. The average molecular weight is 256 g/mol. The van der Waals surface area contributed by atoms with Gasteiger partial charge in [-0.15, -0.1) is 0 Å². The van der Waals surface area contributed by atoms with E-state index in [1.165, 1.54) is 0 Å². The fraction of sp³-hybridized carbons (Fsp3) is 0.417. The summed E-state index contributed by atoms with van der Waals surface area (Å²) < 4.78 is 0. The van der Waals surface area contributed by atoms with E-state index in [1.807, 2.05) is 13.8 Å². The SMILES string of the molecule is CNC(=O)C(C)(C)CNc1cc(Cl)ccc1N. The number of hydrogen-bond donors (Lipinski definition) is 3. The second kappa shape index (κ2) is 5.27. The van der Waals surface area contributed by atoms with E-state index in [9.17, 15) is 4.79 Å². The molecule has 94 valence electrons. The van der Waals surface area contributed by atoms with Crippen LogP contribution in [0.1, 0.15) is 13.8 Å². The second-order valence-corrected chi connectivity index (χ2v) is 4.98. The van der Waals surface area contributed by atoms with Crippen molar-refractivity contribution in [2.24, 2.45) is 5.41 Å². The van der Waals surface area contributed by atoms with Crippen molar-refractivity contribution >= 4 is 28.9 Å². The predicted molar refractivity (Wildman–Crippen MR) is 72.2 cm³/mol. The number of halogens is 1. The molecule has 0 radical (unpaired) electrons. The Labute approximate surface area is 107 Å². The van der Waals surface area contributed by atoms with Gasteiger partial charge < -0.3 is 16.4 Å². The molecule has 1 aromatic carbocycles. The molecule has 0 fully saturated rings. The fourth-order valence-electron chi connectivity index (χ4n) is 1.42. The van der Waals surface area contributed by atoms with Gasteiger partial charge in [0.15, 0.2) is 0 Å². The summed E-state index contributed by atoms with van der Waals surface area (Å²) >= 11 is 5.88. The Morgan fingerprint density at radius 1 is 1.47 bits per heavy atom. The van der Waals surface area contributed by atoms with Crippen LogP contribution in [0.5, 0.6) is 0 Å². The van der Waals surface area contributed by atoms with Crippen molar-refractivity contribution in [3.05, 3.63) is 23.2 Å². The zero-order valence-corrected chi connectivity index (χ0v) is 11.1. The van der Waals surface area contributed by atoms with Crippen molar-refractivity contribution in [2.75, 3.05) is 24.6 Å². The van der Waals surface area contributed by atoms with E-state index in [2.05, 4.69) is 10.6 Å². The Balaban J connectivity index is 2.73. The number of rotatable bonds is 4. The van der Waals surface area contributed by atoms with Gasteiger partial charge in [0, 0.05) is 18.6 Å². The van der Waals surface area contributed by atoms with Crippen LogP contribution in [-0.2, 0) is 4.79 Å². The van der Waals surface area contributed by atoms with Gasteiger partial charge in [0.2, 0.25) is 5.91 Å². The molecule has 0 saturated carbocycles. The molecule has 0 aromatic heterocycles. The molecule has 1 rings (SSSR count). The number of nitrogens with one attached hydrogen (secondary N) is 2. The summed E-state index contributed by atoms with van der Waals surface area (Å²) in [5.74, 6) is -0.0226. The monoisotopic (exact) mass is 255 g/mol. The lowest BCUT2D eigenvalue weighted by molar-refractivity contribution is -0.128. The quantitative estimate of drug-likeness (QED) is 0.722. The third-order valence-electron chi connectivity index (χ3n) is 2.58. The van der Waals surface area contributed by atoms with Gasteiger partial charge in [0.05, 0.1) is 16.8 Å². The molecule has 0 atom stereocenters. The molecule has 1 amide bonds. The normalized spacial score (nSPS) is 11.1. The third-order valence-corrected chi connectivity index (χ3v) is 2.81. The van der Waals surface area contributed by atoms with Crippen LogP contribution in [0.2, 0.25) is 5.02 Å². The standard InChI is InChI=1S/C12H18ClN3O/c1-12(2,11(17)15-3)7-16-10-6-8(13)4-5-9(10)14/h4-6,16H,7,14H2,1-3H3,(H,15,17). The molecular formula is C12H18ClN3O. The number of amides is 1. The molecular weight excluding hydrogens is 238 g/mol. The van der Waals surface area contributed by atoms with Crippen LogP contribution in [0, 0.1) is 5.41 Å². The number of carbonyl (C=O) groups excluding carboxylic acids is 1. The Morgan fingerprint density at radius 3 is 2.71 bits per heavy atom. The van der Waals surface area contributed by atoms with E-state index in [0.717, 1.165) is 5.69 Å². The number of carbonyl (C=O) groups is 1. The molecule has 1 aromatic rings. The molecule has 0 bridgehead atoms. The van der Waals surface area contributed by atoms with Crippen LogP contribution in [0.15, 0.2) is 18.2 Å². The van der Waals surface area contributed by atoms with Gasteiger partial charge in [-0.05, 0) is 32.0 Å². The van der Waals surface area contributed by atoms with E-state index >= 15 is 0 Å². The Bertz CT molecular complexity index is 418. The smallest absolute Gasteiger partial charge is 0.227 e. The fourth-order valence-corrected chi connectivity index (χ4v) is 1.59. The highest BCUT2D eigenvalue weighted by atomic mass is 35.5. The maximum atomic E-state index is 11.6. The second-order valence-electron chi connectivity index (χ2n) is 4.55. The van der Waals surface area contributed by atoms with Gasteiger partial charge in [-0.2, -0.15) is 0 Å². The number of nitrogens with two attached hydrogens (primary N) is 1. The van der Waals surface area contributed by atoms with E-state index in [4.69, 9.17) is 17.3 Å². The van der Waals surface area contributed by atoms with Crippen LogP contribution >= 0.6 is 11.6 Å². The van der Waals surface area contributed by atoms with Crippen molar-refractivity contribution < 1.29 is 4.79 Å². The first-order valence-corrected chi connectivity index (χ1v) is 5.75. The summed E-state index contributed by atoms with van der Waals surface area (Å²) in [6, 6.07) is 5.21. The maximum absolute atomic E-state index is 11.6. The molecule has 4 N–H and O–H groups in total. The highest BCUT2D eigenvalue weighted by Gasteiger charge is 2.26. The number of benzene rings is 1. The molecule has 0 heterocycles. The molecule has 0 aliphatic heterocycles. The summed E-state index contributed by atoms with van der Waals surface area (Å²) in [6.07, 6.45) is 0. The first-order valence-electron chi connectivity index (χ1n) is 5.38. The summed E-state index contributed by atoms with van der Waals surface area (Å²) in [5, 5.41) is 6.38. The lowest BCUT2D eigenvalue weighted by Gasteiger charge is -2.24. The van der Waals surface area contributed by atoms with Gasteiger partial charge in [-0.1, -0.05) is 11.6 Å². The van der Waals surface area contributed by atoms with Crippen molar-refractivity contribution in [2.45, 2.75) is 13.8 Å². The molecule has 0 saturated heterocycles. The predicted octanol–water partition coefficient (Wildman–Crippen LogP) is 2.11. The Morgan fingerprint density at radius 2 is 2.12 bits per heavy atom. The molecule has 4 nitrogen and oxygen atoms in total. The molecule has 0 spiro atoms. The van der Waals surface area contributed by atoms with Crippen molar-refractivity contribution in [3.8, 4) is 0 Å². The van der Waals surface area contributed by atoms with Crippen LogP contribution in [0.4, 0.5) is 11.4 Å². The van der Waals surface area contributed by atoms with Crippen LogP contribution in [0.3, 0.4) is 0 Å². The van der Waals surface area contributed by atoms with Gasteiger partial charge >= 0.3 is 0 Å². The zero-order valence-electron chi connectivity index (χ0n) is 10.3. The van der Waals surface area contributed by atoms with E-state index in [1.54, 1.807) is 25.2 Å². The minimum Gasteiger partial charge on any atom is -0.397 e. The molecule has 0 aliphatic rings. The Kier molecular flexibility index (Phi) is 4.23. The topological polar surface area (TPSA) is 67.2 Å². The van der Waals surface area contributed by atoms with Crippen molar-refractivity contribution in [3.63, 3.8) is 0 Å². The van der Waals surface area contributed by atoms with Crippen molar-refractivity contribution in [1.29, 1.82) is 0 Å². The maximum Gasteiger partial charge on any atom is 0.227 e. The van der Waals surface area contributed by atoms with Crippen molar-refractivity contribution in [1.82, 2.24) is 5.32 Å². The van der Waals surface area contributed by atoms with E-state index < -0.39 is 5.41 Å². The van der Waals surface area contributed by atoms with E-state index in [0.29, 0.717) is 17.3 Å². The lowest BCUT2D eigenvalue weighted by atomic mass is 9.92. The Hall–Kier alpha value is -1.42. The first kappa shape index (κ1) is 13.6. The summed E-state index contributed by atoms with van der Waals surface area (Å²) in [5.41, 5.74) is 6.65. The third kappa shape index (κ3) is 3.53. The molecule has 5 heteroatoms. The minimum atomic E-state index is -0.510. The average Bonchev–Trinajstić information content (AvgIpc) is 2.29. The van der Waals surface area contributed by atoms with Gasteiger partial charge in [0.1, 0.15) is 0 Å². The molecule has 17 heavy (non-hydrogen) atoms. The molecule has 0 aliphatic carbocycles. The highest BCUT2D eigenvalue weighted by Crippen LogP contribution is 2.25. The number of nitrogen functional groups attached to an aromatic ring is 1. The summed E-state index contributed by atoms with van der Waals surface area (Å²) in [7, 11) is 1.62. The van der Waals surface area contributed by atoms with Crippen LogP contribution < -0.4 is 16.4 Å². The van der Waals surface area contributed by atoms with E-state index in [-0.39, 0.29) is 5.91 Å². The largest absolute Gasteiger partial charge is 0.397 e. The zero-order chi connectivity index (χ0) is 13.1. The first-order chi connectivity index (χ1) is 7.86. The number of hydrogen-bond acceptors (Lipinski definition) is 3.